The highest BCUT2D eigenvalue weighted by Crippen LogP contribution is 2.23. The van der Waals surface area contributed by atoms with Gasteiger partial charge in [-0.2, -0.15) is 11.8 Å². The minimum atomic E-state index is -0.978. The number of aliphatic hydroxyl groups is 1. The third-order valence-corrected chi connectivity index (χ3v) is 4.96. The van der Waals surface area contributed by atoms with Crippen LogP contribution in [0.2, 0.25) is 0 Å². The van der Waals surface area contributed by atoms with E-state index in [9.17, 15) is 19.8 Å². The lowest BCUT2D eigenvalue weighted by Crippen LogP contribution is -2.56. The topological polar surface area (TPSA) is 90.3 Å². The van der Waals surface area contributed by atoms with Crippen LogP contribution in [-0.4, -0.2) is 88.5 Å². The summed E-state index contributed by atoms with van der Waals surface area (Å²) in [7, 11) is 1.61. The summed E-state index contributed by atoms with van der Waals surface area (Å²) >= 11 is 1.54. The van der Waals surface area contributed by atoms with Crippen molar-refractivity contribution in [3.63, 3.8) is 0 Å². The Hall–Kier alpha value is -0.990. The van der Waals surface area contributed by atoms with Crippen LogP contribution in [-0.2, 0) is 9.53 Å². The van der Waals surface area contributed by atoms with Crippen molar-refractivity contribution in [3.05, 3.63) is 0 Å². The van der Waals surface area contributed by atoms with Crippen LogP contribution in [0, 0.1) is 0 Å². The quantitative estimate of drug-likeness (QED) is 0.766. The van der Waals surface area contributed by atoms with E-state index in [1.54, 1.807) is 7.05 Å². The summed E-state index contributed by atoms with van der Waals surface area (Å²) in [6.07, 6.45) is 0.978. The first-order valence-corrected chi connectivity index (χ1v) is 8.21. The van der Waals surface area contributed by atoms with Crippen molar-refractivity contribution in [2.75, 3.05) is 44.9 Å². The molecule has 7 nitrogen and oxygen atoms in total. The molecule has 2 saturated heterocycles. The van der Waals surface area contributed by atoms with Crippen molar-refractivity contribution in [2.45, 2.75) is 24.5 Å². The molecular weight excluding hydrogens is 296 g/mol. The van der Waals surface area contributed by atoms with Crippen LogP contribution < -0.4 is 0 Å². The number of thioether (sulfide) groups is 1. The summed E-state index contributed by atoms with van der Waals surface area (Å²) in [4.78, 5) is 26.5. The maximum absolute atomic E-state index is 12.5. The molecule has 2 amide bonds. The van der Waals surface area contributed by atoms with E-state index in [-0.39, 0.29) is 12.6 Å². The largest absolute Gasteiger partial charge is 0.480 e. The zero-order valence-electron chi connectivity index (χ0n) is 12.2. The fourth-order valence-corrected chi connectivity index (χ4v) is 3.71. The molecule has 0 saturated carbocycles. The molecule has 8 heteroatoms. The SMILES string of the molecule is CN(CC1(O)CCOCC1)C(=O)N1CCSCC1C(=O)O. The zero-order chi connectivity index (χ0) is 15.5. The van der Waals surface area contributed by atoms with Crippen molar-refractivity contribution in [3.8, 4) is 0 Å². The lowest BCUT2D eigenvalue weighted by Gasteiger charge is -2.39. The Morgan fingerprint density at radius 3 is 2.71 bits per heavy atom. The molecule has 1 atom stereocenters. The number of nitrogens with zero attached hydrogens (tertiary/aromatic N) is 2. The highest BCUT2D eigenvalue weighted by Gasteiger charge is 2.37. The van der Waals surface area contributed by atoms with Crippen LogP contribution in [0.1, 0.15) is 12.8 Å². The summed E-state index contributed by atoms with van der Waals surface area (Å²) in [6.45, 7) is 1.59. The molecule has 0 radical (unpaired) electrons. The van der Waals surface area contributed by atoms with Crippen molar-refractivity contribution >= 4 is 23.8 Å². The molecule has 0 bridgehead atoms. The lowest BCUT2D eigenvalue weighted by atomic mass is 9.94. The van der Waals surface area contributed by atoms with Crippen LogP contribution >= 0.6 is 11.8 Å². The molecule has 2 aliphatic rings. The van der Waals surface area contributed by atoms with E-state index < -0.39 is 17.6 Å². The van der Waals surface area contributed by atoms with Gasteiger partial charge < -0.3 is 24.7 Å². The number of amides is 2. The average Bonchev–Trinajstić information content (AvgIpc) is 2.46. The number of ether oxygens (including phenoxy) is 1. The van der Waals surface area contributed by atoms with Gasteiger partial charge in [0.2, 0.25) is 0 Å². The molecular formula is C13H22N2O5S. The number of hydrogen-bond donors (Lipinski definition) is 2. The number of aliphatic carboxylic acids is 1. The summed E-state index contributed by atoms with van der Waals surface area (Å²) in [5, 5.41) is 19.7. The molecule has 2 rings (SSSR count). The predicted molar refractivity (Wildman–Crippen MR) is 78.5 cm³/mol. The van der Waals surface area contributed by atoms with Gasteiger partial charge in [-0.1, -0.05) is 0 Å². The van der Waals surface area contributed by atoms with Gasteiger partial charge in [0.05, 0.1) is 12.1 Å². The first-order valence-electron chi connectivity index (χ1n) is 7.05. The normalized spacial score (nSPS) is 25.4. The summed E-state index contributed by atoms with van der Waals surface area (Å²) < 4.78 is 5.22. The molecule has 21 heavy (non-hydrogen) atoms. The van der Waals surface area contributed by atoms with Crippen LogP contribution in [0.3, 0.4) is 0 Å². The number of carboxylic acids is 1. The monoisotopic (exact) mass is 318 g/mol. The van der Waals surface area contributed by atoms with E-state index in [4.69, 9.17) is 4.74 Å². The highest BCUT2D eigenvalue weighted by atomic mass is 32.2. The van der Waals surface area contributed by atoms with E-state index in [0.29, 0.717) is 38.4 Å². The summed E-state index contributed by atoms with van der Waals surface area (Å²) in [6, 6.07) is -1.12. The van der Waals surface area contributed by atoms with E-state index in [0.717, 1.165) is 5.75 Å². The fourth-order valence-electron chi connectivity index (χ4n) is 2.68. The third kappa shape index (κ3) is 4.02. The van der Waals surface area contributed by atoms with Gasteiger partial charge in [0.15, 0.2) is 0 Å². The molecule has 0 spiro atoms. The van der Waals surface area contributed by atoms with Crippen LogP contribution in [0.25, 0.3) is 0 Å². The molecule has 2 fully saturated rings. The van der Waals surface area contributed by atoms with E-state index in [1.165, 1.54) is 21.6 Å². The predicted octanol–water partition coefficient (Wildman–Crippen LogP) is 0.0817. The Kier molecular flexibility index (Phi) is 5.34. The van der Waals surface area contributed by atoms with Gasteiger partial charge in [-0.05, 0) is 0 Å². The summed E-state index contributed by atoms with van der Waals surface area (Å²) in [5.41, 5.74) is -0.939. The molecule has 0 aromatic carbocycles. The fraction of sp³-hybridized carbons (Fsp3) is 0.846. The van der Waals surface area contributed by atoms with Crippen molar-refractivity contribution in [1.29, 1.82) is 0 Å². The first kappa shape index (κ1) is 16.4. The smallest absolute Gasteiger partial charge is 0.327 e. The van der Waals surface area contributed by atoms with E-state index in [2.05, 4.69) is 0 Å². The van der Waals surface area contributed by atoms with Gasteiger partial charge in [-0.15, -0.1) is 0 Å². The van der Waals surface area contributed by atoms with Crippen molar-refractivity contribution in [2.24, 2.45) is 0 Å². The minimum absolute atomic E-state index is 0.200. The molecule has 2 N–H and O–H groups in total. The molecule has 0 aliphatic carbocycles. The Labute approximate surface area is 128 Å². The van der Waals surface area contributed by atoms with E-state index in [1.807, 2.05) is 0 Å². The minimum Gasteiger partial charge on any atom is -0.480 e. The second-order valence-corrected chi connectivity index (χ2v) is 6.75. The molecule has 1 unspecified atom stereocenters. The van der Waals surface area contributed by atoms with Crippen LogP contribution in [0.4, 0.5) is 4.79 Å². The lowest BCUT2D eigenvalue weighted by molar-refractivity contribution is -0.141. The summed E-state index contributed by atoms with van der Waals surface area (Å²) in [5.74, 6) is 0.169. The third-order valence-electron chi connectivity index (χ3n) is 3.94. The van der Waals surface area contributed by atoms with Crippen molar-refractivity contribution in [1.82, 2.24) is 9.80 Å². The number of carbonyl (C=O) groups is 2. The Morgan fingerprint density at radius 2 is 2.10 bits per heavy atom. The maximum Gasteiger partial charge on any atom is 0.327 e. The van der Waals surface area contributed by atoms with Crippen LogP contribution in [0.5, 0.6) is 0 Å². The zero-order valence-corrected chi connectivity index (χ0v) is 13.0. The van der Waals surface area contributed by atoms with Gasteiger partial charge in [-0.25, -0.2) is 9.59 Å². The van der Waals surface area contributed by atoms with Crippen molar-refractivity contribution < 1.29 is 24.5 Å². The Balaban J connectivity index is 1.98. The van der Waals surface area contributed by atoms with Gasteiger partial charge in [0.25, 0.3) is 0 Å². The molecule has 0 aromatic heterocycles. The average molecular weight is 318 g/mol. The van der Waals surface area contributed by atoms with Crippen LogP contribution in [0.15, 0.2) is 0 Å². The number of carboxylic acid groups (broad SMARTS) is 1. The van der Waals surface area contributed by atoms with Gasteiger partial charge in [0, 0.05) is 51.2 Å². The molecule has 2 heterocycles. The number of rotatable bonds is 3. The standard InChI is InChI=1S/C13H22N2O5S/c1-14(9-13(19)2-5-20-6-3-13)12(18)15-4-7-21-8-10(15)11(16)17/h10,19H,2-9H2,1H3,(H,16,17). The highest BCUT2D eigenvalue weighted by molar-refractivity contribution is 7.99. The molecule has 120 valence electrons. The molecule has 0 aromatic rings. The molecule has 2 aliphatic heterocycles. The Morgan fingerprint density at radius 1 is 1.43 bits per heavy atom. The Bertz CT molecular complexity index is 400. The number of hydrogen-bond acceptors (Lipinski definition) is 5. The first-order chi connectivity index (χ1) is 9.93. The van der Waals surface area contributed by atoms with Gasteiger partial charge in [-0.3, -0.25) is 0 Å². The number of urea groups is 1. The maximum atomic E-state index is 12.5. The second kappa shape index (κ2) is 6.85. The van der Waals surface area contributed by atoms with Gasteiger partial charge >= 0.3 is 12.0 Å². The number of carbonyl (C=O) groups excluding carboxylic acids is 1. The number of likely N-dealkylation sites (N-methyl/N-ethyl adjacent to an activating group) is 1. The van der Waals surface area contributed by atoms with Gasteiger partial charge in [0.1, 0.15) is 6.04 Å². The van der Waals surface area contributed by atoms with E-state index >= 15 is 0 Å². The second-order valence-electron chi connectivity index (χ2n) is 5.60.